The summed E-state index contributed by atoms with van der Waals surface area (Å²) in [4.78, 5) is 53.3. The monoisotopic (exact) mass is 552 g/mol. The van der Waals surface area contributed by atoms with Gasteiger partial charge in [0.1, 0.15) is 18.0 Å². The van der Waals surface area contributed by atoms with Crippen molar-refractivity contribution in [1.29, 1.82) is 0 Å². The maximum Gasteiger partial charge on any atom is 0.333 e. The van der Waals surface area contributed by atoms with Crippen LogP contribution in [0.15, 0.2) is 46.3 Å². The molecule has 8 heteroatoms. The van der Waals surface area contributed by atoms with Gasteiger partial charge in [0, 0.05) is 33.8 Å². The molecular formula is C32H40O8. The van der Waals surface area contributed by atoms with Crippen molar-refractivity contribution < 1.29 is 37.8 Å². The number of hydrogen-bond donors (Lipinski definition) is 0. The number of methoxy groups -OCH3 is 1. The molecule has 2 bridgehead atoms. The van der Waals surface area contributed by atoms with Gasteiger partial charge in [-0.15, -0.1) is 0 Å². The number of allylic oxidation sites excluding steroid dienone is 2. The Morgan fingerprint density at radius 1 is 1.15 bits per heavy atom. The Balaban J connectivity index is 1.66. The molecule has 216 valence electrons. The molecule has 5 rings (SSSR count). The molecule has 0 radical (unpaired) electrons. The number of carbonyl (C=O) groups excluding carboxylic acids is 4. The van der Waals surface area contributed by atoms with E-state index in [4.69, 9.17) is 18.6 Å². The largest absolute Gasteiger partial charge is 0.472 e. The van der Waals surface area contributed by atoms with Crippen LogP contribution in [0.5, 0.6) is 0 Å². The lowest BCUT2D eigenvalue weighted by molar-refractivity contribution is -0.195. The van der Waals surface area contributed by atoms with Crippen LogP contribution in [0.3, 0.4) is 0 Å². The number of fused-ring (bicyclic) bond motifs is 6. The SMILES string of the molecule is CC=C(C)C(=O)O[C@@H]1[C@@H]2C=C3[C@@H]4CC(=O)O[C@@H](c5ccoc5)[C@]4(C)CC[C@@H]3[C@@](C)(C2=O)[C@@H](CC(=O)OC)C1(C)C. The highest BCUT2D eigenvalue weighted by Crippen LogP contribution is 2.68. The summed E-state index contributed by atoms with van der Waals surface area (Å²) in [5.74, 6) is -2.66. The number of rotatable bonds is 5. The van der Waals surface area contributed by atoms with Crippen LogP contribution in [0.2, 0.25) is 0 Å². The van der Waals surface area contributed by atoms with Crippen LogP contribution in [-0.4, -0.2) is 36.9 Å². The lowest BCUT2D eigenvalue weighted by atomic mass is 9.40. The van der Waals surface area contributed by atoms with Gasteiger partial charge in [0.2, 0.25) is 0 Å². The van der Waals surface area contributed by atoms with Gasteiger partial charge >= 0.3 is 17.9 Å². The third kappa shape index (κ3) is 4.00. The van der Waals surface area contributed by atoms with Gasteiger partial charge < -0.3 is 18.6 Å². The first-order valence-corrected chi connectivity index (χ1v) is 14.2. The first kappa shape index (κ1) is 28.4. The first-order valence-electron chi connectivity index (χ1n) is 14.2. The number of ether oxygens (including phenoxy) is 3. The number of furan rings is 1. The fourth-order valence-electron chi connectivity index (χ4n) is 8.48. The minimum absolute atomic E-state index is 0.0150. The van der Waals surface area contributed by atoms with Crippen LogP contribution in [0, 0.1) is 39.9 Å². The first-order chi connectivity index (χ1) is 18.8. The van der Waals surface area contributed by atoms with E-state index in [9.17, 15) is 19.2 Å². The fraction of sp³-hybridized carbons (Fsp3) is 0.625. The maximum absolute atomic E-state index is 14.4. The van der Waals surface area contributed by atoms with Crippen molar-refractivity contribution >= 4 is 23.7 Å². The molecule has 0 N–H and O–H groups in total. The Labute approximate surface area is 235 Å². The second-order valence-electron chi connectivity index (χ2n) is 13.1. The summed E-state index contributed by atoms with van der Waals surface area (Å²) in [5.41, 5.74) is 0.283. The van der Waals surface area contributed by atoms with E-state index in [1.807, 2.05) is 32.9 Å². The average Bonchev–Trinajstić information content (AvgIpc) is 3.45. The number of ketones is 1. The predicted molar refractivity (Wildman–Crippen MR) is 144 cm³/mol. The van der Waals surface area contributed by atoms with E-state index in [2.05, 4.69) is 6.92 Å². The summed E-state index contributed by atoms with van der Waals surface area (Å²) in [6.07, 6.45) is 7.30. The van der Waals surface area contributed by atoms with Gasteiger partial charge in [0.25, 0.3) is 0 Å². The van der Waals surface area contributed by atoms with Crippen LogP contribution in [-0.2, 0) is 33.4 Å². The van der Waals surface area contributed by atoms with Crippen LogP contribution >= 0.6 is 0 Å². The van der Waals surface area contributed by atoms with Crippen LogP contribution < -0.4 is 0 Å². The van der Waals surface area contributed by atoms with Gasteiger partial charge in [-0.1, -0.05) is 45.4 Å². The molecule has 2 heterocycles. The smallest absolute Gasteiger partial charge is 0.333 e. The topological polar surface area (TPSA) is 109 Å². The molecule has 3 fully saturated rings. The minimum Gasteiger partial charge on any atom is -0.472 e. The summed E-state index contributed by atoms with van der Waals surface area (Å²) in [5, 5.41) is 0. The van der Waals surface area contributed by atoms with Gasteiger partial charge in [-0.2, -0.15) is 0 Å². The Kier molecular flexibility index (Phi) is 6.91. The predicted octanol–water partition coefficient (Wildman–Crippen LogP) is 5.53. The summed E-state index contributed by atoms with van der Waals surface area (Å²) in [7, 11) is 1.35. The highest BCUT2D eigenvalue weighted by atomic mass is 16.6. The number of cyclic esters (lactones) is 1. The minimum atomic E-state index is -0.904. The summed E-state index contributed by atoms with van der Waals surface area (Å²) in [6.45, 7) is 11.5. The molecule has 4 aliphatic rings. The quantitative estimate of drug-likeness (QED) is 0.203. The van der Waals surface area contributed by atoms with E-state index in [1.165, 1.54) is 7.11 Å². The van der Waals surface area contributed by atoms with E-state index in [-0.39, 0.29) is 36.4 Å². The van der Waals surface area contributed by atoms with Crippen molar-refractivity contribution in [3.63, 3.8) is 0 Å². The molecule has 0 unspecified atom stereocenters. The molecule has 1 saturated heterocycles. The molecular weight excluding hydrogens is 512 g/mol. The Bertz CT molecular complexity index is 1290. The van der Waals surface area contributed by atoms with Crippen LogP contribution in [0.1, 0.15) is 78.9 Å². The van der Waals surface area contributed by atoms with Crippen LogP contribution in [0.4, 0.5) is 0 Å². The summed E-state index contributed by atoms with van der Waals surface area (Å²) >= 11 is 0. The standard InChI is InChI=1S/C32H40O8/c1-8-17(2)29(36)40-28-20-13-19-21(32(6,26(20)35)23(30(28,3)4)15-24(33)37-7)9-11-31(5)22(19)14-25(34)39-27(31)18-10-12-38-16-18/h8,10,12-13,16,20-23,27-28H,9,11,14-15H2,1-7H3/t20-,21+,22+,23+,27+,28-,31-,32-/m1/s1. The molecule has 0 spiro atoms. The maximum atomic E-state index is 14.4. The second kappa shape index (κ2) is 9.74. The zero-order valence-corrected chi connectivity index (χ0v) is 24.4. The van der Waals surface area contributed by atoms with Crippen molar-refractivity contribution in [2.45, 2.75) is 79.4 Å². The Morgan fingerprint density at radius 2 is 1.88 bits per heavy atom. The average molecular weight is 553 g/mol. The van der Waals surface area contributed by atoms with Gasteiger partial charge in [-0.25, -0.2) is 4.79 Å². The van der Waals surface area contributed by atoms with Gasteiger partial charge in [0.15, 0.2) is 0 Å². The highest BCUT2D eigenvalue weighted by Gasteiger charge is 2.69. The van der Waals surface area contributed by atoms with Gasteiger partial charge in [-0.3, -0.25) is 14.4 Å². The Hall–Kier alpha value is -3.16. The number of esters is 3. The molecule has 40 heavy (non-hydrogen) atoms. The lowest BCUT2D eigenvalue weighted by Gasteiger charge is -2.63. The van der Waals surface area contributed by atoms with Crippen molar-refractivity contribution in [3.8, 4) is 0 Å². The zero-order valence-electron chi connectivity index (χ0n) is 24.4. The van der Waals surface area contributed by atoms with E-state index in [1.54, 1.807) is 32.4 Å². The third-order valence-electron chi connectivity index (χ3n) is 10.8. The summed E-state index contributed by atoms with van der Waals surface area (Å²) in [6, 6.07) is 1.83. The van der Waals surface area contributed by atoms with Crippen LogP contribution in [0.25, 0.3) is 0 Å². The zero-order chi connectivity index (χ0) is 29.2. The molecule has 2 saturated carbocycles. The molecule has 1 aromatic rings. The number of hydrogen-bond acceptors (Lipinski definition) is 8. The molecule has 0 aromatic carbocycles. The lowest BCUT2D eigenvalue weighted by Crippen LogP contribution is -2.66. The number of carbonyl (C=O) groups is 4. The van der Waals surface area contributed by atoms with E-state index in [0.717, 1.165) is 17.6 Å². The van der Waals surface area contributed by atoms with Gasteiger partial charge in [-0.05, 0) is 50.5 Å². The van der Waals surface area contributed by atoms with Gasteiger partial charge in [0.05, 0.1) is 32.0 Å². The molecule has 3 aliphatic carbocycles. The highest BCUT2D eigenvalue weighted by molar-refractivity contribution is 5.94. The fourth-order valence-corrected chi connectivity index (χ4v) is 8.48. The van der Waals surface area contributed by atoms with E-state index in [0.29, 0.717) is 12.0 Å². The van der Waals surface area contributed by atoms with E-state index < -0.39 is 52.2 Å². The van der Waals surface area contributed by atoms with Crippen molar-refractivity contribution in [2.24, 2.45) is 39.9 Å². The van der Waals surface area contributed by atoms with Crippen molar-refractivity contribution in [3.05, 3.63) is 47.5 Å². The molecule has 1 aliphatic heterocycles. The second-order valence-corrected chi connectivity index (χ2v) is 13.1. The number of Topliss-reactive ketones (excluding diaryl/α,β-unsaturated/α-hetero) is 1. The normalized spacial score (nSPS) is 38.4. The summed E-state index contributed by atoms with van der Waals surface area (Å²) < 4.78 is 22.5. The molecule has 0 amide bonds. The third-order valence-corrected chi connectivity index (χ3v) is 10.8. The Morgan fingerprint density at radius 3 is 2.50 bits per heavy atom. The molecule has 8 nitrogen and oxygen atoms in total. The van der Waals surface area contributed by atoms with E-state index >= 15 is 0 Å². The molecule has 8 atom stereocenters. The van der Waals surface area contributed by atoms with Crippen molar-refractivity contribution in [1.82, 2.24) is 0 Å². The van der Waals surface area contributed by atoms with Crippen molar-refractivity contribution in [2.75, 3.05) is 7.11 Å². The molecule has 1 aromatic heterocycles.